The first-order valence-corrected chi connectivity index (χ1v) is 24.6. The fourth-order valence-corrected chi connectivity index (χ4v) is 7.37. The molecule has 0 saturated carbocycles. The van der Waals surface area contributed by atoms with Gasteiger partial charge in [0.2, 0.25) is 0 Å². The van der Waals surface area contributed by atoms with Crippen LogP contribution in [-0.4, -0.2) is 41.0 Å². The highest BCUT2D eigenvalue weighted by atomic mass is 31.2. The highest BCUT2D eigenvalue weighted by Crippen LogP contribution is 2.36. The molecule has 0 bridgehead atoms. The van der Waals surface area contributed by atoms with Gasteiger partial charge in [-0.05, 0) is 24.7 Å². The van der Waals surface area contributed by atoms with Gasteiger partial charge in [0.1, 0.15) is 6.61 Å². The van der Waals surface area contributed by atoms with Gasteiger partial charge in [0.15, 0.2) is 6.10 Å². The molecule has 0 spiro atoms. The van der Waals surface area contributed by atoms with Crippen LogP contribution in [0.4, 0.5) is 0 Å². The number of esters is 2. The van der Waals surface area contributed by atoms with E-state index in [1.807, 2.05) is 0 Å². The molecule has 2 N–H and O–H groups in total. The summed E-state index contributed by atoms with van der Waals surface area (Å²) in [7, 11) is -4.75. The van der Waals surface area contributed by atoms with Gasteiger partial charge in [0.25, 0.3) is 0 Å². The Hall–Kier alpha value is -0.950. The van der Waals surface area contributed by atoms with E-state index in [0.29, 0.717) is 6.42 Å². The van der Waals surface area contributed by atoms with Gasteiger partial charge in [0.05, 0.1) is 6.61 Å². The van der Waals surface area contributed by atoms with Gasteiger partial charge in [-0.15, -0.1) is 0 Å². The van der Waals surface area contributed by atoms with Crippen molar-refractivity contribution in [3.63, 3.8) is 0 Å². The highest BCUT2D eigenvalue weighted by molar-refractivity contribution is 7.46. The topological polar surface area (TPSA) is 119 Å². The van der Waals surface area contributed by atoms with Gasteiger partial charge in [0, 0.05) is 12.8 Å². The maximum absolute atomic E-state index is 12.4. The molecule has 0 radical (unpaired) electrons. The SMILES string of the molecule is CCC(C)CCCCCCCCCCCCCCCCC(=O)OC[C@H](COP(=O)(O)O)OC(=O)CCCCCCCCCCCCCCCCCC(C)C. The van der Waals surface area contributed by atoms with Crippen LogP contribution in [-0.2, 0) is 28.2 Å². The second-order valence-electron chi connectivity index (χ2n) is 16.8. The zero-order valence-corrected chi connectivity index (χ0v) is 36.9. The van der Waals surface area contributed by atoms with Crippen LogP contribution in [0.1, 0.15) is 246 Å². The summed E-state index contributed by atoms with van der Waals surface area (Å²) in [6.07, 6.45) is 39.6. The zero-order valence-electron chi connectivity index (χ0n) is 36.0. The number of phosphoric ester groups is 1. The lowest BCUT2D eigenvalue weighted by Gasteiger charge is -2.18. The van der Waals surface area contributed by atoms with Crippen molar-refractivity contribution < 1.29 is 37.9 Å². The van der Waals surface area contributed by atoms with Crippen molar-refractivity contribution >= 4 is 19.8 Å². The lowest BCUT2D eigenvalue weighted by atomic mass is 9.99. The molecule has 9 heteroatoms. The van der Waals surface area contributed by atoms with Crippen LogP contribution >= 0.6 is 7.82 Å². The van der Waals surface area contributed by atoms with Crippen LogP contribution in [0.15, 0.2) is 0 Å². The van der Waals surface area contributed by atoms with Gasteiger partial charge < -0.3 is 19.3 Å². The van der Waals surface area contributed by atoms with Gasteiger partial charge >= 0.3 is 19.8 Å². The number of carbonyl (C=O) groups excluding carboxylic acids is 2. The second kappa shape index (κ2) is 38.9. The Morgan fingerprint density at radius 3 is 1.17 bits per heavy atom. The Balaban J connectivity index is 3.83. The molecular weight excluding hydrogens is 699 g/mol. The van der Waals surface area contributed by atoms with Gasteiger partial charge in [-0.3, -0.25) is 14.1 Å². The summed E-state index contributed by atoms with van der Waals surface area (Å²) in [5, 5.41) is 0. The predicted octanol–water partition coefficient (Wildman–Crippen LogP) is 14.1. The molecule has 1 unspecified atom stereocenters. The molecular formula is C45H89O8P. The molecule has 0 rings (SSSR count). The molecule has 0 heterocycles. The number of rotatable bonds is 42. The average molecular weight is 789 g/mol. The maximum Gasteiger partial charge on any atom is 0.469 e. The summed E-state index contributed by atoms with van der Waals surface area (Å²) in [5.41, 5.74) is 0. The van der Waals surface area contributed by atoms with Crippen LogP contribution in [0.25, 0.3) is 0 Å². The first-order valence-electron chi connectivity index (χ1n) is 23.1. The Kier molecular flexibility index (Phi) is 38.2. The molecule has 0 aliphatic carbocycles. The van der Waals surface area contributed by atoms with Crippen LogP contribution in [0, 0.1) is 11.8 Å². The van der Waals surface area contributed by atoms with Crippen LogP contribution in [0.5, 0.6) is 0 Å². The minimum absolute atomic E-state index is 0.219. The summed E-state index contributed by atoms with van der Waals surface area (Å²) >= 11 is 0. The standard InChI is InChI=1S/C45H89O8P/c1-5-42(4)36-32-28-24-20-16-12-9-10-13-17-21-25-29-33-37-44(46)51-39-43(40-52-54(48,49)50)53-45(47)38-34-30-26-22-18-14-8-6-7-11-15-19-23-27-31-35-41(2)3/h41-43H,5-40H2,1-4H3,(H2,48,49,50)/t42?,43-/m1/s1. The molecule has 8 nitrogen and oxygen atoms in total. The van der Waals surface area contributed by atoms with Gasteiger partial charge in [-0.1, -0.05) is 220 Å². The van der Waals surface area contributed by atoms with E-state index in [9.17, 15) is 14.2 Å². The third-order valence-corrected chi connectivity index (χ3v) is 11.3. The van der Waals surface area contributed by atoms with E-state index in [2.05, 4.69) is 32.2 Å². The fourth-order valence-electron chi connectivity index (χ4n) is 7.01. The molecule has 322 valence electrons. The number of ether oxygens (including phenoxy) is 2. The van der Waals surface area contributed by atoms with E-state index >= 15 is 0 Å². The summed E-state index contributed by atoms with van der Waals surface area (Å²) in [4.78, 5) is 43.0. The monoisotopic (exact) mass is 789 g/mol. The largest absolute Gasteiger partial charge is 0.469 e. The zero-order chi connectivity index (χ0) is 40.0. The molecule has 54 heavy (non-hydrogen) atoms. The minimum atomic E-state index is -4.75. The molecule has 2 atom stereocenters. The number of unbranched alkanes of at least 4 members (excludes halogenated alkanes) is 27. The molecule has 0 saturated heterocycles. The fraction of sp³-hybridized carbons (Fsp3) is 0.956. The third-order valence-electron chi connectivity index (χ3n) is 10.8. The van der Waals surface area contributed by atoms with E-state index in [1.54, 1.807) is 0 Å². The number of phosphoric acid groups is 1. The lowest BCUT2D eigenvalue weighted by Crippen LogP contribution is -2.29. The maximum atomic E-state index is 12.4. The average Bonchev–Trinajstić information content (AvgIpc) is 3.13. The number of hydrogen-bond donors (Lipinski definition) is 2. The van der Waals surface area contributed by atoms with Crippen molar-refractivity contribution in [1.29, 1.82) is 0 Å². The van der Waals surface area contributed by atoms with Crippen molar-refractivity contribution in [3.8, 4) is 0 Å². The van der Waals surface area contributed by atoms with Crippen LogP contribution in [0.2, 0.25) is 0 Å². The second-order valence-corrected chi connectivity index (χ2v) is 18.1. The molecule has 0 aromatic heterocycles. The Morgan fingerprint density at radius 2 is 0.815 bits per heavy atom. The molecule has 0 fully saturated rings. The third kappa shape index (κ3) is 42.2. The summed E-state index contributed by atoms with van der Waals surface area (Å²) in [5.74, 6) is 0.853. The quantitative estimate of drug-likeness (QED) is 0.0356. The summed E-state index contributed by atoms with van der Waals surface area (Å²) in [6, 6.07) is 0. The Bertz CT molecular complexity index is 876. The minimum Gasteiger partial charge on any atom is -0.462 e. The van der Waals surface area contributed by atoms with Crippen molar-refractivity contribution in [2.45, 2.75) is 252 Å². The lowest BCUT2D eigenvalue weighted by molar-refractivity contribution is -0.161. The molecule has 0 aromatic rings. The van der Waals surface area contributed by atoms with Gasteiger partial charge in [-0.25, -0.2) is 4.57 Å². The first kappa shape index (κ1) is 53.0. The Morgan fingerprint density at radius 1 is 0.481 bits per heavy atom. The van der Waals surface area contributed by atoms with Gasteiger partial charge in [-0.2, -0.15) is 0 Å². The van der Waals surface area contributed by atoms with E-state index in [1.165, 1.54) is 167 Å². The molecule has 0 aliphatic heterocycles. The highest BCUT2D eigenvalue weighted by Gasteiger charge is 2.23. The van der Waals surface area contributed by atoms with Crippen LogP contribution < -0.4 is 0 Å². The predicted molar refractivity (Wildman–Crippen MR) is 225 cm³/mol. The van der Waals surface area contributed by atoms with E-state index in [-0.39, 0.29) is 19.4 Å². The van der Waals surface area contributed by atoms with E-state index in [4.69, 9.17) is 19.3 Å². The summed E-state index contributed by atoms with van der Waals surface area (Å²) < 4.78 is 26.5. The first-order chi connectivity index (χ1) is 26.0. The normalized spacial score (nSPS) is 13.0. The molecule has 0 aliphatic rings. The smallest absolute Gasteiger partial charge is 0.462 e. The summed E-state index contributed by atoms with van der Waals surface area (Å²) in [6.45, 7) is 8.45. The van der Waals surface area contributed by atoms with Crippen LogP contribution in [0.3, 0.4) is 0 Å². The number of carbonyl (C=O) groups is 2. The number of hydrogen-bond acceptors (Lipinski definition) is 6. The van der Waals surface area contributed by atoms with Crippen molar-refractivity contribution in [1.82, 2.24) is 0 Å². The molecule has 0 amide bonds. The molecule has 0 aromatic carbocycles. The van der Waals surface area contributed by atoms with Crippen molar-refractivity contribution in [2.75, 3.05) is 13.2 Å². The van der Waals surface area contributed by atoms with E-state index in [0.717, 1.165) is 43.9 Å². The van der Waals surface area contributed by atoms with Crippen molar-refractivity contribution in [2.24, 2.45) is 11.8 Å². The Labute approximate surface area is 334 Å². The van der Waals surface area contributed by atoms with Crippen molar-refractivity contribution in [3.05, 3.63) is 0 Å². The van der Waals surface area contributed by atoms with E-state index < -0.39 is 32.5 Å².